The van der Waals surface area contributed by atoms with Crippen molar-refractivity contribution in [2.75, 3.05) is 6.61 Å². The van der Waals surface area contributed by atoms with E-state index in [-0.39, 0.29) is 5.60 Å². The molecule has 3 heteroatoms. The van der Waals surface area contributed by atoms with E-state index in [0.29, 0.717) is 11.8 Å². The van der Waals surface area contributed by atoms with Gasteiger partial charge in [0.25, 0.3) is 0 Å². The van der Waals surface area contributed by atoms with Crippen molar-refractivity contribution < 1.29 is 14.6 Å². The highest BCUT2D eigenvalue weighted by atomic mass is 16.5. The van der Waals surface area contributed by atoms with Gasteiger partial charge in [0, 0.05) is 6.61 Å². The lowest BCUT2D eigenvalue weighted by molar-refractivity contribution is -0.172. The second-order valence-electron chi connectivity index (χ2n) is 7.93. The predicted molar refractivity (Wildman–Crippen MR) is 82.2 cm³/mol. The summed E-state index contributed by atoms with van der Waals surface area (Å²) in [7, 11) is 0. The quantitative estimate of drug-likeness (QED) is 0.821. The van der Waals surface area contributed by atoms with Gasteiger partial charge in [-0.05, 0) is 63.2 Å². The maximum atomic E-state index is 12.1. The van der Waals surface area contributed by atoms with Crippen molar-refractivity contribution in [1.82, 2.24) is 0 Å². The molecule has 0 radical (unpaired) electrons. The normalized spacial score (nSPS) is 40.0. The third-order valence-corrected chi connectivity index (χ3v) is 6.63. The van der Waals surface area contributed by atoms with Crippen LogP contribution in [-0.4, -0.2) is 23.3 Å². The van der Waals surface area contributed by atoms with E-state index in [1.54, 1.807) is 0 Å². The van der Waals surface area contributed by atoms with Crippen molar-refractivity contribution >= 4 is 5.97 Å². The molecule has 1 atom stereocenters. The zero-order valence-electron chi connectivity index (χ0n) is 13.4. The van der Waals surface area contributed by atoms with Crippen LogP contribution in [0.1, 0.15) is 77.6 Å². The molecule has 0 bridgehead atoms. The van der Waals surface area contributed by atoms with Gasteiger partial charge in [-0.25, -0.2) is 0 Å². The van der Waals surface area contributed by atoms with E-state index in [0.717, 1.165) is 58.0 Å². The number of carboxylic acid groups (broad SMARTS) is 1. The van der Waals surface area contributed by atoms with Gasteiger partial charge in [0.2, 0.25) is 0 Å². The molecule has 1 spiro atoms. The number of rotatable bonds is 2. The average molecular weight is 294 g/mol. The summed E-state index contributed by atoms with van der Waals surface area (Å²) >= 11 is 0. The summed E-state index contributed by atoms with van der Waals surface area (Å²) in [6, 6.07) is 0. The fourth-order valence-corrected chi connectivity index (χ4v) is 5.12. The number of hydrogen-bond donors (Lipinski definition) is 1. The molecule has 2 saturated carbocycles. The average Bonchev–Trinajstić information content (AvgIpc) is 2.49. The zero-order valence-corrected chi connectivity index (χ0v) is 13.4. The Hall–Kier alpha value is -0.570. The third-order valence-electron chi connectivity index (χ3n) is 6.63. The largest absolute Gasteiger partial charge is 0.481 e. The maximum Gasteiger partial charge on any atom is 0.309 e. The van der Waals surface area contributed by atoms with Crippen LogP contribution < -0.4 is 0 Å². The molecule has 2 aliphatic carbocycles. The van der Waals surface area contributed by atoms with Crippen LogP contribution in [0.4, 0.5) is 0 Å². The smallest absolute Gasteiger partial charge is 0.309 e. The van der Waals surface area contributed by atoms with Gasteiger partial charge in [0.15, 0.2) is 0 Å². The van der Waals surface area contributed by atoms with Crippen LogP contribution in [0.5, 0.6) is 0 Å². The van der Waals surface area contributed by atoms with Crippen LogP contribution in [0.15, 0.2) is 0 Å². The molecule has 1 N–H and O–H groups in total. The second kappa shape index (κ2) is 5.91. The Morgan fingerprint density at radius 1 is 1.05 bits per heavy atom. The second-order valence-corrected chi connectivity index (χ2v) is 7.93. The Morgan fingerprint density at radius 2 is 1.71 bits per heavy atom. The molecule has 1 saturated heterocycles. The first-order chi connectivity index (χ1) is 10.1. The topological polar surface area (TPSA) is 46.5 Å². The fraction of sp³-hybridized carbons (Fsp3) is 0.944. The Labute approximate surface area is 128 Å². The summed E-state index contributed by atoms with van der Waals surface area (Å²) in [6.45, 7) is 3.04. The molecule has 3 aliphatic rings. The van der Waals surface area contributed by atoms with E-state index in [1.807, 2.05) is 0 Å². The number of ether oxygens (including phenoxy) is 1. The molecule has 3 nitrogen and oxygen atoms in total. The van der Waals surface area contributed by atoms with Gasteiger partial charge < -0.3 is 9.84 Å². The van der Waals surface area contributed by atoms with Crippen LogP contribution in [-0.2, 0) is 9.53 Å². The lowest BCUT2D eigenvalue weighted by Crippen LogP contribution is -2.50. The monoisotopic (exact) mass is 294 g/mol. The van der Waals surface area contributed by atoms with Gasteiger partial charge in [0.05, 0.1) is 11.0 Å². The number of carboxylic acids is 1. The van der Waals surface area contributed by atoms with Crippen molar-refractivity contribution in [3.8, 4) is 0 Å². The van der Waals surface area contributed by atoms with Crippen molar-refractivity contribution in [2.24, 2.45) is 17.3 Å². The molecule has 1 heterocycles. The lowest BCUT2D eigenvalue weighted by atomic mass is 9.59. The van der Waals surface area contributed by atoms with Gasteiger partial charge in [0.1, 0.15) is 0 Å². The van der Waals surface area contributed by atoms with Crippen molar-refractivity contribution in [2.45, 2.75) is 83.2 Å². The first-order valence-corrected chi connectivity index (χ1v) is 8.94. The van der Waals surface area contributed by atoms with Crippen molar-refractivity contribution in [1.29, 1.82) is 0 Å². The highest BCUT2D eigenvalue weighted by Gasteiger charge is 2.51. The summed E-state index contributed by atoms with van der Waals surface area (Å²) in [6.07, 6.45) is 12.0. The SMILES string of the molecule is CC1CCC(C(=O)O)(C2CCOC3(CCCCC3)C2)CC1. The maximum absolute atomic E-state index is 12.1. The van der Waals surface area contributed by atoms with Gasteiger partial charge in [-0.2, -0.15) is 0 Å². The third kappa shape index (κ3) is 2.86. The van der Waals surface area contributed by atoms with E-state index in [2.05, 4.69) is 6.92 Å². The molecular formula is C18H30O3. The molecule has 120 valence electrons. The van der Waals surface area contributed by atoms with Crippen LogP contribution in [0.2, 0.25) is 0 Å². The molecule has 3 rings (SSSR count). The summed E-state index contributed by atoms with van der Waals surface area (Å²) in [4.78, 5) is 12.1. The molecule has 0 aromatic rings. The van der Waals surface area contributed by atoms with Crippen LogP contribution >= 0.6 is 0 Å². The van der Waals surface area contributed by atoms with E-state index in [1.165, 1.54) is 19.3 Å². The van der Waals surface area contributed by atoms with E-state index >= 15 is 0 Å². The number of aliphatic carboxylic acids is 1. The number of hydrogen-bond acceptors (Lipinski definition) is 2. The first kappa shape index (κ1) is 15.3. The molecule has 21 heavy (non-hydrogen) atoms. The molecular weight excluding hydrogens is 264 g/mol. The van der Waals surface area contributed by atoms with Crippen LogP contribution in [0.3, 0.4) is 0 Å². The molecule has 3 fully saturated rings. The molecule has 1 unspecified atom stereocenters. The lowest BCUT2D eigenvalue weighted by Gasteiger charge is -2.50. The minimum absolute atomic E-state index is 0.0205. The molecule has 1 aliphatic heterocycles. The van der Waals surface area contributed by atoms with Crippen molar-refractivity contribution in [3.63, 3.8) is 0 Å². The van der Waals surface area contributed by atoms with Gasteiger partial charge in [-0.15, -0.1) is 0 Å². The highest BCUT2D eigenvalue weighted by molar-refractivity contribution is 5.75. The number of carbonyl (C=O) groups is 1. The molecule has 0 aromatic carbocycles. The highest BCUT2D eigenvalue weighted by Crippen LogP contribution is 2.52. The Kier molecular flexibility index (Phi) is 4.31. The summed E-state index contributed by atoms with van der Waals surface area (Å²) in [5, 5.41) is 9.97. The Bertz CT molecular complexity index is 370. The van der Waals surface area contributed by atoms with Crippen LogP contribution in [0, 0.1) is 17.3 Å². The first-order valence-electron chi connectivity index (χ1n) is 8.94. The summed E-state index contributed by atoms with van der Waals surface area (Å²) in [5.41, 5.74) is -0.437. The standard InChI is InChI=1S/C18H30O3/c1-14-5-10-18(11-6-14,16(19)20)15-7-12-21-17(13-15)8-3-2-4-9-17/h14-15H,2-13H2,1H3,(H,19,20). The van der Waals surface area contributed by atoms with Crippen molar-refractivity contribution in [3.05, 3.63) is 0 Å². The van der Waals surface area contributed by atoms with E-state index in [9.17, 15) is 9.90 Å². The van der Waals surface area contributed by atoms with Gasteiger partial charge >= 0.3 is 5.97 Å². The zero-order chi connectivity index (χ0) is 14.9. The minimum Gasteiger partial charge on any atom is -0.481 e. The minimum atomic E-state index is -0.535. The molecule has 0 aromatic heterocycles. The van der Waals surface area contributed by atoms with Gasteiger partial charge in [-0.1, -0.05) is 26.2 Å². The van der Waals surface area contributed by atoms with Gasteiger partial charge in [-0.3, -0.25) is 4.79 Å². The predicted octanol–water partition coefficient (Wildman–Crippen LogP) is 4.40. The van der Waals surface area contributed by atoms with Crippen LogP contribution in [0.25, 0.3) is 0 Å². The van der Waals surface area contributed by atoms with E-state index in [4.69, 9.17) is 4.74 Å². The Balaban J connectivity index is 1.78. The Morgan fingerprint density at radius 3 is 2.33 bits per heavy atom. The fourth-order valence-electron chi connectivity index (χ4n) is 5.12. The summed E-state index contributed by atoms with van der Waals surface area (Å²) in [5.74, 6) is 0.488. The summed E-state index contributed by atoms with van der Waals surface area (Å²) < 4.78 is 6.18. The van der Waals surface area contributed by atoms with E-state index < -0.39 is 11.4 Å². The molecule has 0 amide bonds.